The van der Waals surface area contributed by atoms with Crippen molar-refractivity contribution in [3.05, 3.63) is 76.4 Å². The van der Waals surface area contributed by atoms with Crippen molar-refractivity contribution in [2.45, 2.75) is 12.8 Å². The number of nitrogens with zero attached hydrogens (tertiary/aromatic N) is 1. The van der Waals surface area contributed by atoms with Crippen LogP contribution in [0.4, 0.5) is 0 Å². The number of carboxylic acid groups (broad SMARTS) is 1. The van der Waals surface area contributed by atoms with Gasteiger partial charge in [-0.05, 0) is 40.7 Å². The predicted octanol–water partition coefficient (Wildman–Crippen LogP) is 4.57. The molecule has 1 heterocycles. The summed E-state index contributed by atoms with van der Waals surface area (Å²) in [6.45, 7) is 1.75. The third-order valence-electron chi connectivity index (χ3n) is 5.07. The first-order valence-electron chi connectivity index (χ1n) is 8.75. The van der Waals surface area contributed by atoms with Crippen LogP contribution in [-0.4, -0.2) is 35.6 Å². The molecule has 0 spiro atoms. The lowest BCUT2D eigenvalue weighted by atomic mass is 9.86. The fraction of sp³-hybridized carbons (Fsp3) is 0.227. The van der Waals surface area contributed by atoms with E-state index in [4.69, 9.17) is 5.11 Å². The van der Waals surface area contributed by atoms with E-state index in [0.717, 1.165) is 25.9 Å². The van der Waals surface area contributed by atoms with Gasteiger partial charge in [-0.2, -0.15) is 0 Å². The summed E-state index contributed by atoms with van der Waals surface area (Å²) < 4.78 is 0. The lowest BCUT2D eigenvalue weighted by molar-refractivity contribution is -0.138. The van der Waals surface area contributed by atoms with Crippen molar-refractivity contribution >= 4 is 36.1 Å². The van der Waals surface area contributed by atoms with Gasteiger partial charge in [-0.1, -0.05) is 66.3 Å². The van der Waals surface area contributed by atoms with E-state index in [0.29, 0.717) is 0 Å². The van der Waals surface area contributed by atoms with Gasteiger partial charge in [0.15, 0.2) is 0 Å². The third kappa shape index (κ3) is 3.59. The number of fused-ring (bicyclic) bond motifs is 2. The SMILES string of the molecule is Cl.O=C(O)CN1CCC(=C2c3ccccc3C=Cc3ccccc32)CC1. The van der Waals surface area contributed by atoms with Crippen LogP contribution in [0.5, 0.6) is 0 Å². The van der Waals surface area contributed by atoms with Crippen molar-refractivity contribution in [3.63, 3.8) is 0 Å². The molecule has 0 radical (unpaired) electrons. The number of hydrogen-bond acceptors (Lipinski definition) is 2. The van der Waals surface area contributed by atoms with E-state index in [1.54, 1.807) is 0 Å². The topological polar surface area (TPSA) is 40.5 Å². The predicted molar refractivity (Wildman–Crippen MR) is 108 cm³/mol. The van der Waals surface area contributed by atoms with Crippen LogP contribution in [-0.2, 0) is 4.79 Å². The van der Waals surface area contributed by atoms with E-state index < -0.39 is 5.97 Å². The number of benzene rings is 2. The van der Waals surface area contributed by atoms with Crippen LogP contribution in [0.2, 0.25) is 0 Å². The quantitative estimate of drug-likeness (QED) is 0.721. The smallest absolute Gasteiger partial charge is 0.317 e. The Morgan fingerprint density at radius 3 is 1.88 bits per heavy atom. The van der Waals surface area contributed by atoms with Gasteiger partial charge in [0, 0.05) is 13.1 Å². The van der Waals surface area contributed by atoms with E-state index in [1.165, 1.54) is 33.4 Å². The molecule has 3 nitrogen and oxygen atoms in total. The van der Waals surface area contributed by atoms with Gasteiger partial charge in [0.2, 0.25) is 0 Å². The largest absolute Gasteiger partial charge is 0.480 e. The maximum atomic E-state index is 11.0. The van der Waals surface area contributed by atoms with Crippen LogP contribution in [0.3, 0.4) is 0 Å². The summed E-state index contributed by atoms with van der Waals surface area (Å²) in [4.78, 5) is 13.0. The standard InChI is InChI=1S/C22H21NO2.ClH/c24-21(25)15-23-13-11-18(12-14-23)22-19-7-3-1-5-16(19)9-10-17-6-2-4-8-20(17)22;/h1-10H,11-15H2,(H,24,25);1H. The highest BCUT2D eigenvalue weighted by Crippen LogP contribution is 2.38. The molecule has 1 fully saturated rings. The minimum atomic E-state index is -0.745. The number of halogens is 1. The number of likely N-dealkylation sites (tertiary alicyclic amines) is 1. The van der Waals surface area contributed by atoms with Crippen molar-refractivity contribution in [1.29, 1.82) is 0 Å². The molecule has 0 unspecified atom stereocenters. The Bertz CT molecular complexity index is 824. The number of hydrogen-bond donors (Lipinski definition) is 1. The van der Waals surface area contributed by atoms with Gasteiger partial charge in [-0.25, -0.2) is 0 Å². The maximum absolute atomic E-state index is 11.0. The molecule has 4 heteroatoms. The van der Waals surface area contributed by atoms with Gasteiger partial charge < -0.3 is 5.11 Å². The van der Waals surface area contributed by atoms with Gasteiger partial charge in [-0.3, -0.25) is 9.69 Å². The van der Waals surface area contributed by atoms with Crippen LogP contribution in [0.25, 0.3) is 17.7 Å². The number of carbonyl (C=O) groups is 1. The van der Waals surface area contributed by atoms with Crippen molar-refractivity contribution in [2.24, 2.45) is 0 Å². The second-order valence-corrected chi connectivity index (χ2v) is 6.66. The summed E-state index contributed by atoms with van der Waals surface area (Å²) >= 11 is 0. The molecule has 0 atom stereocenters. The van der Waals surface area contributed by atoms with Crippen LogP contribution in [0.1, 0.15) is 35.1 Å². The Kier molecular flexibility index (Phi) is 5.60. The summed E-state index contributed by atoms with van der Waals surface area (Å²) in [5.74, 6) is -0.745. The zero-order valence-corrected chi connectivity index (χ0v) is 15.3. The molecule has 26 heavy (non-hydrogen) atoms. The molecule has 1 N–H and O–H groups in total. The number of piperidine rings is 1. The average Bonchev–Trinajstić information content (AvgIpc) is 2.79. The molecule has 0 bridgehead atoms. The van der Waals surface area contributed by atoms with Crippen LogP contribution >= 0.6 is 12.4 Å². The summed E-state index contributed by atoms with van der Waals surface area (Å²) in [5.41, 5.74) is 7.83. The summed E-state index contributed by atoms with van der Waals surface area (Å²) in [6.07, 6.45) is 6.24. The van der Waals surface area contributed by atoms with Gasteiger partial charge in [0.1, 0.15) is 0 Å². The lowest BCUT2D eigenvalue weighted by Gasteiger charge is -2.29. The fourth-order valence-corrected chi connectivity index (χ4v) is 3.87. The normalized spacial score (nSPS) is 16.3. The molecule has 2 aliphatic rings. The minimum absolute atomic E-state index is 0. The molecule has 1 saturated heterocycles. The molecule has 0 amide bonds. The Morgan fingerprint density at radius 2 is 1.38 bits per heavy atom. The number of carboxylic acids is 1. The zero-order chi connectivity index (χ0) is 17.2. The Labute approximate surface area is 160 Å². The fourth-order valence-electron chi connectivity index (χ4n) is 3.87. The molecular formula is C22H22ClNO2. The van der Waals surface area contributed by atoms with Crippen LogP contribution in [0.15, 0.2) is 54.1 Å². The lowest BCUT2D eigenvalue weighted by Crippen LogP contribution is -2.35. The molecule has 1 aliphatic carbocycles. The summed E-state index contributed by atoms with van der Waals surface area (Å²) in [7, 11) is 0. The van der Waals surface area contributed by atoms with Crippen LogP contribution < -0.4 is 0 Å². The van der Waals surface area contributed by atoms with Gasteiger partial charge in [0.05, 0.1) is 6.54 Å². The maximum Gasteiger partial charge on any atom is 0.317 e. The van der Waals surface area contributed by atoms with E-state index >= 15 is 0 Å². The Hall–Kier alpha value is -2.36. The first-order valence-corrected chi connectivity index (χ1v) is 8.75. The van der Waals surface area contributed by atoms with Crippen molar-refractivity contribution in [3.8, 4) is 0 Å². The van der Waals surface area contributed by atoms with E-state index in [2.05, 4.69) is 60.7 Å². The van der Waals surface area contributed by atoms with Crippen molar-refractivity contribution in [2.75, 3.05) is 19.6 Å². The first-order chi connectivity index (χ1) is 12.2. The number of rotatable bonds is 2. The number of aliphatic carboxylic acids is 1. The van der Waals surface area contributed by atoms with Crippen LogP contribution in [0, 0.1) is 0 Å². The second-order valence-electron chi connectivity index (χ2n) is 6.66. The van der Waals surface area contributed by atoms with Crippen molar-refractivity contribution < 1.29 is 9.90 Å². The molecule has 1 aliphatic heterocycles. The van der Waals surface area contributed by atoms with Gasteiger partial charge in [-0.15, -0.1) is 12.4 Å². The third-order valence-corrected chi connectivity index (χ3v) is 5.07. The Balaban J connectivity index is 0.00000196. The van der Waals surface area contributed by atoms with Gasteiger partial charge >= 0.3 is 5.97 Å². The van der Waals surface area contributed by atoms with Crippen molar-refractivity contribution in [1.82, 2.24) is 4.90 Å². The highest BCUT2D eigenvalue weighted by molar-refractivity contribution is 5.94. The zero-order valence-electron chi connectivity index (χ0n) is 14.5. The first kappa shape index (κ1) is 18.4. The molecular weight excluding hydrogens is 346 g/mol. The Morgan fingerprint density at radius 1 is 0.885 bits per heavy atom. The summed E-state index contributed by atoms with van der Waals surface area (Å²) in [6, 6.07) is 17.1. The van der Waals surface area contributed by atoms with E-state index in [9.17, 15) is 4.79 Å². The molecule has 2 aromatic rings. The minimum Gasteiger partial charge on any atom is -0.480 e. The summed E-state index contributed by atoms with van der Waals surface area (Å²) in [5, 5.41) is 9.02. The van der Waals surface area contributed by atoms with Gasteiger partial charge in [0.25, 0.3) is 0 Å². The molecule has 134 valence electrons. The highest BCUT2D eigenvalue weighted by Gasteiger charge is 2.23. The van der Waals surface area contributed by atoms with E-state index in [1.807, 2.05) is 4.90 Å². The molecule has 0 saturated carbocycles. The average molecular weight is 368 g/mol. The molecule has 0 aromatic heterocycles. The monoisotopic (exact) mass is 367 g/mol. The molecule has 4 rings (SSSR count). The highest BCUT2D eigenvalue weighted by atomic mass is 35.5. The second kappa shape index (κ2) is 7.90. The van der Waals surface area contributed by atoms with E-state index in [-0.39, 0.29) is 19.0 Å². The molecule has 2 aromatic carbocycles.